The lowest BCUT2D eigenvalue weighted by atomic mass is 10.1. The summed E-state index contributed by atoms with van der Waals surface area (Å²) in [4.78, 5) is 7.60. The first-order chi connectivity index (χ1) is 18.5. The van der Waals surface area contributed by atoms with Gasteiger partial charge in [0.05, 0.1) is 24.7 Å². The molecule has 0 aliphatic carbocycles. The maximum absolute atomic E-state index is 11.1. The summed E-state index contributed by atoms with van der Waals surface area (Å²) in [5, 5.41) is 22.1. The van der Waals surface area contributed by atoms with Gasteiger partial charge in [-0.05, 0) is 42.8 Å². The molecule has 2 N–H and O–H groups in total. The number of H-pyrrole nitrogens is 1. The minimum Gasteiger partial charge on any atom is -0.490 e. The monoisotopic (exact) mass is 507 g/mol. The molecule has 0 fully saturated rings. The Bertz CT molecular complexity index is 1570. The lowest BCUT2D eigenvalue weighted by molar-refractivity contribution is 0.0783. The Morgan fingerprint density at radius 1 is 1.00 bits per heavy atom. The summed E-state index contributed by atoms with van der Waals surface area (Å²) in [5.41, 5.74) is 3.64. The minimum absolute atomic E-state index is 0.196. The predicted octanol–water partition coefficient (Wildman–Crippen LogP) is 6.17. The van der Waals surface area contributed by atoms with Crippen LogP contribution in [0.4, 0.5) is 5.69 Å². The summed E-state index contributed by atoms with van der Waals surface area (Å²) >= 11 is 0. The van der Waals surface area contributed by atoms with Crippen molar-refractivity contribution in [2.45, 2.75) is 19.4 Å². The Morgan fingerprint density at radius 2 is 1.79 bits per heavy atom. The van der Waals surface area contributed by atoms with E-state index in [9.17, 15) is 5.11 Å². The van der Waals surface area contributed by atoms with Gasteiger partial charge in [0, 0.05) is 40.7 Å². The van der Waals surface area contributed by atoms with Crippen molar-refractivity contribution < 1.29 is 14.6 Å². The van der Waals surface area contributed by atoms with E-state index in [0.29, 0.717) is 28.2 Å². The van der Waals surface area contributed by atoms with Gasteiger partial charge < -0.3 is 19.6 Å². The van der Waals surface area contributed by atoms with Crippen molar-refractivity contribution >= 4 is 27.5 Å². The molecule has 0 saturated heterocycles. The highest BCUT2D eigenvalue weighted by atomic mass is 16.5. The normalized spacial score (nSPS) is 13.6. The van der Waals surface area contributed by atoms with Crippen LogP contribution in [-0.4, -0.2) is 47.9 Å². The number of benzene rings is 3. The molecule has 5 rings (SSSR count). The number of hydrogen-bond donors (Lipinski definition) is 2. The van der Waals surface area contributed by atoms with Crippen LogP contribution in [-0.2, 0) is 0 Å². The van der Waals surface area contributed by atoms with Crippen molar-refractivity contribution in [3.63, 3.8) is 0 Å². The fourth-order valence-corrected chi connectivity index (χ4v) is 5.01. The molecule has 0 aliphatic rings. The smallest absolute Gasteiger partial charge is 0.219 e. The van der Waals surface area contributed by atoms with Crippen LogP contribution >= 0.6 is 0 Å². The Balaban J connectivity index is 1.28. The fraction of sp³-hybridized carbons (Fsp3) is 0.226. The zero-order chi connectivity index (χ0) is 26.5. The molecule has 0 radical (unpaired) electrons. The van der Waals surface area contributed by atoms with Gasteiger partial charge in [-0.2, -0.15) is 5.26 Å². The molecule has 7 heteroatoms. The molecule has 0 amide bonds. The van der Waals surface area contributed by atoms with Crippen LogP contribution in [0.15, 0.2) is 85.1 Å². The van der Waals surface area contributed by atoms with Crippen molar-refractivity contribution in [1.29, 1.82) is 5.26 Å². The Labute approximate surface area is 222 Å². The number of para-hydroxylation sites is 1. The number of pyridine rings is 1. The standard InChI is InChI=1S/C31H31N4O3/c1-3-17-35(2,23-12-14-25(15-13-23)38-30-16-11-22(18-32)19-33-30)20-24(36)21-37-29-10-6-9-28-31(29)26-7-4-5-8-27(26)34-28/h4-16,19,24,34,36H,3,17,20-21H2,1-2H3/q+1/t24?,35-/m0/s1. The SMILES string of the molecule is CCC[N@@+](C)(CC(O)COc1cccc2[nH]c3ccccc3c12)c1ccc(Oc2ccc(C#N)cn2)cc1. The van der Waals surface area contributed by atoms with Crippen LogP contribution in [0.25, 0.3) is 21.8 Å². The summed E-state index contributed by atoms with van der Waals surface area (Å²) in [6, 6.07) is 27.4. The molecular weight excluding hydrogens is 476 g/mol. The number of aliphatic hydroxyl groups excluding tert-OH is 1. The lowest BCUT2D eigenvalue weighted by Gasteiger charge is -2.35. The number of nitriles is 1. The third kappa shape index (κ3) is 5.32. The fourth-order valence-electron chi connectivity index (χ4n) is 5.01. The van der Waals surface area contributed by atoms with Gasteiger partial charge in [0.2, 0.25) is 5.88 Å². The first-order valence-corrected chi connectivity index (χ1v) is 12.8. The zero-order valence-electron chi connectivity index (χ0n) is 21.6. The Kier molecular flexibility index (Phi) is 7.27. The molecule has 3 aromatic carbocycles. The van der Waals surface area contributed by atoms with E-state index < -0.39 is 6.10 Å². The van der Waals surface area contributed by atoms with Crippen molar-refractivity contribution in [2.75, 3.05) is 26.7 Å². The van der Waals surface area contributed by atoms with E-state index in [-0.39, 0.29) is 6.61 Å². The van der Waals surface area contributed by atoms with Gasteiger partial charge in [0.15, 0.2) is 0 Å². The van der Waals surface area contributed by atoms with Crippen molar-refractivity contribution in [2.24, 2.45) is 0 Å². The van der Waals surface area contributed by atoms with E-state index in [4.69, 9.17) is 14.7 Å². The first kappa shape index (κ1) is 25.3. The molecule has 0 spiro atoms. The van der Waals surface area contributed by atoms with E-state index >= 15 is 0 Å². The van der Waals surface area contributed by atoms with Crippen LogP contribution < -0.4 is 14.0 Å². The van der Waals surface area contributed by atoms with Gasteiger partial charge in [-0.1, -0.05) is 31.2 Å². The second-order valence-corrected chi connectivity index (χ2v) is 9.71. The summed E-state index contributed by atoms with van der Waals surface area (Å²) in [6.07, 6.45) is 1.79. The number of quaternary nitrogens is 1. The van der Waals surface area contributed by atoms with Crippen LogP contribution in [0, 0.1) is 11.3 Å². The molecule has 2 aromatic heterocycles. The van der Waals surface area contributed by atoms with Crippen molar-refractivity contribution in [3.05, 3.63) is 90.6 Å². The average molecular weight is 508 g/mol. The molecule has 0 aliphatic heterocycles. The highest BCUT2D eigenvalue weighted by molar-refractivity contribution is 6.10. The molecular formula is C31H31N4O3+. The topological polar surface area (TPSA) is 91.2 Å². The van der Waals surface area contributed by atoms with Gasteiger partial charge in [-0.3, -0.25) is 4.48 Å². The Morgan fingerprint density at radius 3 is 2.53 bits per heavy atom. The highest BCUT2D eigenvalue weighted by Gasteiger charge is 2.28. The van der Waals surface area contributed by atoms with Gasteiger partial charge in [0.25, 0.3) is 0 Å². The van der Waals surface area contributed by atoms with E-state index in [2.05, 4.69) is 42.1 Å². The third-order valence-corrected chi connectivity index (χ3v) is 6.80. The summed E-state index contributed by atoms with van der Waals surface area (Å²) in [7, 11) is 2.13. The number of rotatable bonds is 10. The number of nitrogens with zero attached hydrogens (tertiary/aromatic N) is 3. The van der Waals surface area contributed by atoms with Crippen LogP contribution in [0.2, 0.25) is 0 Å². The highest BCUT2D eigenvalue weighted by Crippen LogP contribution is 2.33. The van der Waals surface area contributed by atoms with E-state index in [0.717, 1.165) is 46.2 Å². The number of aromatic amines is 1. The zero-order valence-corrected chi connectivity index (χ0v) is 21.6. The molecule has 2 heterocycles. The summed E-state index contributed by atoms with van der Waals surface area (Å²) in [5.74, 6) is 1.85. The molecule has 1 unspecified atom stereocenters. The lowest BCUT2D eigenvalue weighted by Crippen LogP contribution is -2.51. The van der Waals surface area contributed by atoms with E-state index in [1.807, 2.05) is 54.6 Å². The number of fused-ring (bicyclic) bond motifs is 3. The Hall–Kier alpha value is -4.38. The number of hydrogen-bond acceptors (Lipinski definition) is 5. The van der Waals surface area contributed by atoms with E-state index in [1.54, 1.807) is 12.1 Å². The average Bonchev–Trinajstić information content (AvgIpc) is 3.32. The molecule has 7 nitrogen and oxygen atoms in total. The molecule has 5 aromatic rings. The molecule has 2 atom stereocenters. The largest absolute Gasteiger partial charge is 0.490 e. The second kappa shape index (κ2) is 10.9. The molecule has 192 valence electrons. The van der Waals surface area contributed by atoms with E-state index in [1.165, 1.54) is 6.20 Å². The number of aliphatic hydroxyl groups is 1. The molecule has 0 bridgehead atoms. The maximum Gasteiger partial charge on any atom is 0.219 e. The molecule has 0 saturated carbocycles. The number of likely N-dealkylation sites (N-methyl/N-ethyl adjacent to an activating group) is 1. The predicted molar refractivity (Wildman–Crippen MR) is 151 cm³/mol. The minimum atomic E-state index is -0.661. The van der Waals surface area contributed by atoms with Crippen LogP contribution in [0.3, 0.4) is 0 Å². The number of nitrogens with one attached hydrogen (secondary N) is 1. The van der Waals surface area contributed by atoms with Gasteiger partial charge in [-0.25, -0.2) is 4.98 Å². The van der Waals surface area contributed by atoms with Crippen molar-refractivity contribution in [1.82, 2.24) is 14.5 Å². The van der Waals surface area contributed by atoms with Crippen LogP contribution in [0.5, 0.6) is 17.4 Å². The first-order valence-electron chi connectivity index (χ1n) is 12.8. The maximum atomic E-state index is 11.1. The van der Waals surface area contributed by atoms with Gasteiger partial charge in [0.1, 0.15) is 42.5 Å². The quantitative estimate of drug-likeness (QED) is 0.221. The summed E-state index contributed by atoms with van der Waals surface area (Å²) < 4.78 is 12.6. The summed E-state index contributed by atoms with van der Waals surface area (Å²) in [6.45, 7) is 3.72. The molecule has 38 heavy (non-hydrogen) atoms. The second-order valence-electron chi connectivity index (χ2n) is 9.71. The number of ether oxygens (including phenoxy) is 2. The third-order valence-electron chi connectivity index (χ3n) is 6.80. The van der Waals surface area contributed by atoms with Gasteiger partial charge >= 0.3 is 0 Å². The van der Waals surface area contributed by atoms with Gasteiger partial charge in [-0.15, -0.1) is 0 Å². The van der Waals surface area contributed by atoms with Crippen LogP contribution in [0.1, 0.15) is 18.9 Å². The number of aromatic nitrogens is 2. The van der Waals surface area contributed by atoms with Crippen molar-refractivity contribution in [3.8, 4) is 23.4 Å².